The number of amides is 2. The van der Waals surface area contributed by atoms with Gasteiger partial charge in [-0.3, -0.25) is 14.9 Å². The van der Waals surface area contributed by atoms with Crippen LogP contribution in [-0.4, -0.2) is 35.9 Å². The van der Waals surface area contributed by atoms with Gasteiger partial charge in [-0.05, 0) is 62.1 Å². The quantitative estimate of drug-likeness (QED) is 0.326. The average Bonchev–Trinajstić information content (AvgIpc) is 3.43. The van der Waals surface area contributed by atoms with Crippen molar-refractivity contribution in [2.45, 2.75) is 44.1 Å². The lowest BCUT2D eigenvalue weighted by Gasteiger charge is -2.35. The topological polar surface area (TPSA) is 108 Å². The third-order valence-corrected chi connectivity index (χ3v) is 6.83. The van der Waals surface area contributed by atoms with Gasteiger partial charge < -0.3 is 14.2 Å². The second-order valence-electron chi connectivity index (χ2n) is 10.5. The third-order valence-electron chi connectivity index (χ3n) is 6.83. The summed E-state index contributed by atoms with van der Waals surface area (Å²) in [6, 6.07) is 21.2. The van der Waals surface area contributed by atoms with Crippen molar-refractivity contribution in [1.29, 1.82) is 0 Å². The van der Waals surface area contributed by atoms with Crippen LogP contribution in [0.1, 0.15) is 43.4 Å². The van der Waals surface area contributed by atoms with E-state index in [-0.39, 0.29) is 13.2 Å². The average molecular weight is 517 g/mol. The molecular weight excluding hydrogens is 488 g/mol. The van der Waals surface area contributed by atoms with E-state index in [1.165, 1.54) is 0 Å². The molecule has 196 valence electrons. The molecule has 0 N–H and O–H groups in total. The Labute approximate surface area is 220 Å². The minimum Gasteiger partial charge on any atom is -0.454 e. The number of carbonyl (C=O) groups excluding carboxylic acids is 2. The van der Waals surface area contributed by atoms with Gasteiger partial charge in [0.25, 0.3) is 0 Å². The Kier molecular flexibility index (Phi) is 6.30. The highest BCUT2D eigenvalue weighted by Gasteiger charge is 2.59. The van der Waals surface area contributed by atoms with Crippen LogP contribution in [0.4, 0.5) is 10.5 Å². The Morgan fingerprint density at radius 2 is 1.74 bits per heavy atom. The molecule has 2 aliphatic rings. The van der Waals surface area contributed by atoms with Gasteiger partial charge >= 0.3 is 6.09 Å². The highest BCUT2D eigenvalue weighted by molar-refractivity contribution is 6.21. The summed E-state index contributed by atoms with van der Waals surface area (Å²) < 4.78 is 16.6. The van der Waals surface area contributed by atoms with Crippen LogP contribution < -0.4 is 14.4 Å². The first kappa shape index (κ1) is 25.3. The molecule has 0 bridgehead atoms. The Hall–Kier alpha value is -4.40. The van der Waals surface area contributed by atoms with Gasteiger partial charge in [-0.25, -0.2) is 9.69 Å². The molecule has 3 aromatic rings. The predicted molar refractivity (Wildman–Crippen MR) is 139 cm³/mol. The standard InChI is InChI=1S/C29H28N2O7/c1-28(2,3)38-27(33)31-23-12-8-7-11-21(23)29(26(31)32,16-19-13-14-24-25(15-19)37-18-36-24)22(17-30(34)35)20-9-5-4-6-10-20/h4-15,22H,16-18H2,1-3H3/t22-,29-/m1/s1. The van der Waals surface area contributed by atoms with Gasteiger partial charge in [-0.1, -0.05) is 54.6 Å². The van der Waals surface area contributed by atoms with E-state index in [0.29, 0.717) is 33.9 Å². The first-order valence-electron chi connectivity index (χ1n) is 12.3. The summed E-state index contributed by atoms with van der Waals surface area (Å²) in [7, 11) is 0. The minimum absolute atomic E-state index is 0.0894. The maximum absolute atomic E-state index is 14.6. The molecule has 0 unspecified atom stereocenters. The van der Waals surface area contributed by atoms with Gasteiger partial charge in [-0.15, -0.1) is 0 Å². The fraction of sp³-hybridized carbons (Fsp3) is 0.310. The SMILES string of the molecule is CC(C)(C)OC(=O)N1C(=O)[C@@](Cc2ccc3c(c2)OCO3)([C@H](C[N+](=O)[O-])c2ccccc2)c2ccccc21. The third kappa shape index (κ3) is 4.44. The number of ether oxygens (including phenoxy) is 3. The van der Waals surface area contributed by atoms with Crippen LogP contribution in [0.3, 0.4) is 0 Å². The second-order valence-corrected chi connectivity index (χ2v) is 10.5. The van der Waals surface area contributed by atoms with Gasteiger partial charge in [0.15, 0.2) is 11.5 Å². The second kappa shape index (κ2) is 9.48. The van der Waals surface area contributed by atoms with E-state index in [1.54, 1.807) is 81.4 Å². The Bertz CT molecular complexity index is 1400. The number of rotatable bonds is 6. The minimum atomic E-state index is -1.48. The van der Waals surface area contributed by atoms with Crippen LogP contribution in [0, 0.1) is 10.1 Å². The van der Waals surface area contributed by atoms with E-state index in [4.69, 9.17) is 14.2 Å². The van der Waals surface area contributed by atoms with Crippen molar-refractivity contribution in [1.82, 2.24) is 0 Å². The first-order chi connectivity index (χ1) is 18.1. The molecule has 2 heterocycles. The van der Waals surface area contributed by atoms with Crippen molar-refractivity contribution in [2.24, 2.45) is 0 Å². The molecule has 0 spiro atoms. The van der Waals surface area contributed by atoms with Gasteiger partial charge in [0.2, 0.25) is 19.2 Å². The van der Waals surface area contributed by atoms with Crippen LogP contribution in [-0.2, 0) is 21.4 Å². The lowest BCUT2D eigenvalue weighted by atomic mass is 9.65. The molecule has 3 aromatic carbocycles. The number of anilines is 1. The number of fused-ring (bicyclic) bond motifs is 2. The molecule has 2 aliphatic heterocycles. The van der Waals surface area contributed by atoms with Crippen molar-refractivity contribution >= 4 is 17.7 Å². The van der Waals surface area contributed by atoms with Gasteiger partial charge in [0.1, 0.15) is 5.60 Å². The van der Waals surface area contributed by atoms with E-state index < -0.39 is 40.4 Å². The van der Waals surface area contributed by atoms with Crippen LogP contribution in [0.2, 0.25) is 0 Å². The molecule has 9 heteroatoms. The normalized spacial score (nSPS) is 18.7. The molecule has 5 rings (SSSR count). The van der Waals surface area contributed by atoms with Crippen LogP contribution in [0.5, 0.6) is 11.5 Å². The Morgan fingerprint density at radius 3 is 2.45 bits per heavy atom. The van der Waals surface area contributed by atoms with Crippen molar-refractivity contribution in [3.63, 3.8) is 0 Å². The number of para-hydroxylation sites is 1. The van der Waals surface area contributed by atoms with Gasteiger partial charge in [0.05, 0.1) is 17.0 Å². The number of imide groups is 1. The summed E-state index contributed by atoms with van der Waals surface area (Å²) in [5.74, 6) is -0.335. The monoisotopic (exact) mass is 516 g/mol. The molecule has 9 nitrogen and oxygen atoms in total. The van der Waals surface area contributed by atoms with Crippen LogP contribution in [0.15, 0.2) is 72.8 Å². The smallest absolute Gasteiger partial charge is 0.421 e. The lowest BCUT2D eigenvalue weighted by Crippen LogP contribution is -2.50. The molecule has 0 saturated heterocycles. The van der Waals surface area contributed by atoms with E-state index in [2.05, 4.69) is 0 Å². The molecular formula is C29H28N2O7. The first-order valence-corrected chi connectivity index (χ1v) is 12.3. The predicted octanol–water partition coefficient (Wildman–Crippen LogP) is 5.24. The van der Waals surface area contributed by atoms with Gasteiger partial charge in [-0.2, -0.15) is 0 Å². The number of nitro groups is 1. The van der Waals surface area contributed by atoms with Crippen molar-refractivity contribution < 1.29 is 28.7 Å². The fourth-order valence-corrected chi connectivity index (χ4v) is 5.34. The van der Waals surface area contributed by atoms with Crippen molar-refractivity contribution in [2.75, 3.05) is 18.2 Å². The summed E-state index contributed by atoms with van der Waals surface area (Å²) in [5.41, 5.74) is -0.0997. The molecule has 0 radical (unpaired) electrons. The zero-order valence-corrected chi connectivity index (χ0v) is 21.4. The van der Waals surface area contributed by atoms with Crippen molar-refractivity contribution in [3.05, 3.63) is 99.6 Å². The molecule has 2 atom stereocenters. The Morgan fingerprint density at radius 1 is 1.05 bits per heavy atom. The van der Waals surface area contributed by atoms with Crippen LogP contribution >= 0.6 is 0 Å². The number of hydrogen-bond acceptors (Lipinski definition) is 7. The molecule has 0 aromatic heterocycles. The highest BCUT2D eigenvalue weighted by Crippen LogP contribution is 2.52. The molecule has 38 heavy (non-hydrogen) atoms. The molecule has 0 fully saturated rings. The summed E-state index contributed by atoms with van der Waals surface area (Å²) in [6.45, 7) is 4.73. The maximum Gasteiger partial charge on any atom is 0.421 e. The van der Waals surface area contributed by atoms with Gasteiger partial charge in [0, 0.05) is 4.92 Å². The summed E-state index contributed by atoms with van der Waals surface area (Å²) in [4.78, 5) is 40.7. The van der Waals surface area contributed by atoms with E-state index in [9.17, 15) is 19.7 Å². The van der Waals surface area contributed by atoms with E-state index in [0.717, 1.165) is 4.90 Å². The lowest BCUT2D eigenvalue weighted by molar-refractivity contribution is -0.485. The Balaban J connectivity index is 1.73. The van der Waals surface area contributed by atoms with E-state index in [1.807, 2.05) is 12.1 Å². The molecule has 0 aliphatic carbocycles. The largest absolute Gasteiger partial charge is 0.454 e. The van der Waals surface area contributed by atoms with Crippen LogP contribution in [0.25, 0.3) is 0 Å². The zero-order chi connectivity index (χ0) is 27.1. The number of benzene rings is 3. The highest BCUT2D eigenvalue weighted by atomic mass is 16.7. The van der Waals surface area contributed by atoms with E-state index >= 15 is 0 Å². The summed E-state index contributed by atoms with van der Waals surface area (Å²) >= 11 is 0. The molecule has 0 saturated carbocycles. The zero-order valence-electron chi connectivity index (χ0n) is 21.4. The number of nitrogens with zero attached hydrogens (tertiary/aromatic N) is 2. The molecule has 2 amide bonds. The number of carbonyl (C=O) groups is 2. The van der Waals surface area contributed by atoms with Crippen molar-refractivity contribution in [3.8, 4) is 11.5 Å². The maximum atomic E-state index is 14.6. The fourth-order valence-electron chi connectivity index (χ4n) is 5.34. The number of hydrogen-bond donors (Lipinski definition) is 0. The summed E-state index contributed by atoms with van der Waals surface area (Å²) in [5, 5.41) is 12.1. The summed E-state index contributed by atoms with van der Waals surface area (Å²) in [6.07, 6.45) is -0.734.